The minimum atomic E-state index is 0.0592. The minimum absolute atomic E-state index is 0.0592. The lowest BCUT2D eigenvalue weighted by atomic mass is 10.1. The molecule has 0 unspecified atom stereocenters. The summed E-state index contributed by atoms with van der Waals surface area (Å²) >= 11 is 0. The van der Waals surface area contributed by atoms with E-state index in [1.54, 1.807) is 14.2 Å². The van der Waals surface area contributed by atoms with Crippen LogP contribution in [0.4, 0.5) is 0 Å². The van der Waals surface area contributed by atoms with Crippen LogP contribution in [0.5, 0.6) is 11.5 Å². The van der Waals surface area contributed by atoms with Crippen molar-refractivity contribution in [3.05, 3.63) is 59.2 Å². The Morgan fingerprint density at radius 1 is 0.905 bits per heavy atom. The van der Waals surface area contributed by atoms with E-state index >= 15 is 0 Å². The van der Waals surface area contributed by atoms with Crippen LogP contribution < -0.4 is 14.8 Å². The van der Waals surface area contributed by atoms with Gasteiger partial charge >= 0.3 is 0 Å². The van der Waals surface area contributed by atoms with E-state index in [2.05, 4.69) is 5.32 Å². The fourth-order valence-corrected chi connectivity index (χ4v) is 2.21. The van der Waals surface area contributed by atoms with Gasteiger partial charge in [0.25, 0.3) is 0 Å². The quantitative estimate of drug-likeness (QED) is 0.821. The molecule has 4 heteroatoms. The Morgan fingerprint density at radius 3 is 2.29 bits per heavy atom. The van der Waals surface area contributed by atoms with Crippen molar-refractivity contribution in [2.75, 3.05) is 14.2 Å². The van der Waals surface area contributed by atoms with Crippen molar-refractivity contribution in [1.82, 2.24) is 5.32 Å². The van der Waals surface area contributed by atoms with Gasteiger partial charge in [-0.3, -0.25) is 0 Å². The summed E-state index contributed by atoms with van der Waals surface area (Å²) in [6, 6.07) is 13.6. The van der Waals surface area contributed by atoms with Crippen LogP contribution in [0, 0.1) is 0 Å². The highest BCUT2D eigenvalue weighted by atomic mass is 16.5. The van der Waals surface area contributed by atoms with Crippen LogP contribution in [-0.2, 0) is 19.7 Å². The van der Waals surface area contributed by atoms with E-state index in [0.29, 0.717) is 13.1 Å². The van der Waals surface area contributed by atoms with Gasteiger partial charge in [0.05, 0.1) is 20.8 Å². The normalized spacial score (nSPS) is 10.4. The lowest BCUT2D eigenvalue weighted by Gasteiger charge is -2.12. The van der Waals surface area contributed by atoms with Crippen LogP contribution in [0.25, 0.3) is 0 Å². The summed E-state index contributed by atoms with van der Waals surface area (Å²) in [4.78, 5) is 0. The first kappa shape index (κ1) is 15.4. The molecule has 0 aliphatic heterocycles. The van der Waals surface area contributed by atoms with Gasteiger partial charge in [-0.1, -0.05) is 30.3 Å². The molecule has 0 bridgehead atoms. The zero-order valence-electron chi connectivity index (χ0n) is 12.4. The molecule has 2 aromatic carbocycles. The third-order valence-corrected chi connectivity index (χ3v) is 3.41. The second kappa shape index (κ2) is 7.67. The molecule has 2 N–H and O–H groups in total. The van der Waals surface area contributed by atoms with Crippen LogP contribution in [0.2, 0.25) is 0 Å². The molecule has 2 rings (SSSR count). The van der Waals surface area contributed by atoms with E-state index in [-0.39, 0.29) is 6.61 Å². The summed E-state index contributed by atoms with van der Waals surface area (Å²) in [5.74, 6) is 1.58. The van der Waals surface area contributed by atoms with Crippen molar-refractivity contribution in [2.24, 2.45) is 0 Å². The van der Waals surface area contributed by atoms with Crippen molar-refractivity contribution in [2.45, 2.75) is 19.7 Å². The molecule has 0 atom stereocenters. The van der Waals surface area contributed by atoms with Crippen LogP contribution in [0.1, 0.15) is 16.7 Å². The molecule has 0 radical (unpaired) electrons. The van der Waals surface area contributed by atoms with Crippen LogP contribution in [-0.4, -0.2) is 19.3 Å². The minimum Gasteiger partial charge on any atom is -0.497 e. The standard InChI is InChI=1S/C17H21NO3/c1-20-16-8-7-14(17(9-16)21-2)11-18-10-13-5-3-4-6-15(13)12-19/h3-9,18-19H,10-12H2,1-2H3. The molecule has 0 spiro atoms. The van der Waals surface area contributed by atoms with Gasteiger partial charge in [-0.05, 0) is 17.2 Å². The maximum absolute atomic E-state index is 9.31. The highest BCUT2D eigenvalue weighted by molar-refractivity contribution is 5.40. The molecule has 2 aromatic rings. The highest BCUT2D eigenvalue weighted by Crippen LogP contribution is 2.24. The van der Waals surface area contributed by atoms with Gasteiger partial charge in [-0.25, -0.2) is 0 Å². The number of hydrogen-bond donors (Lipinski definition) is 2. The van der Waals surface area contributed by atoms with E-state index < -0.39 is 0 Å². The molecule has 0 fully saturated rings. The summed E-state index contributed by atoms with van der Waals surface area (Å²) in [6.45, 7) is 1.45. The molecule has 0 aliphatic rings. The number of benzene rings is 2. The number of nitrogens with one attached hydrogen (secondary N) is 1. The zero-order chi connectivity index (χ0) is 15.1. The lowest BCUT2D eigenvalue weighted by Crippen LogP contribution is -2.14. The first-order valence-corrected chi connectivity index (χ1v) is 6.87. The molecular weight excluding hydrogens is 266 g/mol. The van der Waals surface area contributed by atoms with E-state index in [9.17, 15) is 5.11 Å². The number of methoxy groups -OCH3 is 2. The molecule has 112 valence electrons. The molecule has 0 aromatic heterocycles. The largest absolute Gasteiger partial charge is 0.497 e. The van der Waals surface area contributed by atoms with Crippen LogP contribution in [0.3, 0.4) is 0 Å². The van der Waals surface area contributed by atoms with Gasteiger partial charge in [0.15, 0.2) is 0 Å². The van der Waals surface area contributed by atoms with Crippen molar-refractivity contribution in [1.29, 1.82) is 0 Å². The molecule has 0 heterocycles. The second-order valence-electron chi connectivity index (χ2n) is 4.71. The Hall–Kier alpha value is -2.04. The summed E-state index contributed by atoms with van der Waals surface area (Å²) in [6.07, 6.45) is 0. The fourth-order valence-electron chi connectivity index (χ4n) is 2.21. The Balaban J connectivity index is 2.00. The highest BCUT2D eigenvalue weighted by Gasteiger charge is 2.05. The van der Waals surface area contributed by atoms with E-state index in [4.69, 9.17) is 9.47 Å². The average Bonchev–Trinajstić information content (AvgIpc) is 2.55. The third kappa shape index (κ3) is 3.97. The maximum atomic E-state index is 9.31. The molecule has 0 aliphatic carbocycles. The molecule has 0 amide bonds. The number of ether oxygens (including phenoxy) is 2. The number of hydrogen-bond acceptors (Lipinski definition) is 4. The van der Waals surface area contributed by atoms with Gasteiger partial charge < -0.3 is 19.9 Å². The molecular formula is C17H21NO3. The summed E-state index contributed by atoms with van der Waals surface area (Å²) in [5.41, 5.74) is 3.12. The van der Waals surface area contributed by atoms with E-state index in [0.717, 1.165) is 28.2 Å². The first-order valence-electron chi connectivity index (χ1n) is 6.87. The summed E-state index contributed by atoms with van der Waals surface area (Å²) in [5, 5.41) is 12.7. The molecule has 0 saturated heterocycles. The smallest absolute Gasteiger partial charge is 0.127 e. The van der Waals surface area contributed by atoms with Gasteiger partial charge in [0, 0.05) is 24.7 Å². The van der Waals surface area contributed by atoms with Crippen LogP contribution >= 0.6 is 0 Å². The second-order valence-corrected chi connectivity index (χ2v) is 4.71. The van der Waals surface area contributed by atoms with Crippen LogP contribution in [0.15, 0.2) is 42.5 Å². The average molecular weight is 287 g/mol. The Kier molecular flexibility index (Phi) is 5.60. The number of rotatable bonds is 7. The van der Waals surface area contributed by atoms with Gasteiger partial charge in [-0.2, -0.15) is 0 Å². The van der Waals surface area contributed by atoms with Crippen molar-refractivity contribution < 1.29 is 14.6 Å². The summed E-state index contributed by atoms with van der Waals surface area (Å²) < 4.78 is 10.6. The lowest BCUT2D eigenvalue weighted by molar-refractivity contribution is 0.280. The molecule has 0 saturated carbocycles. The van der Waals surface area contributed by atoms with E-state index in [1.165, 1.54) is 0 Å². The Bertz CT molecular complexity index is 584. The maximum Gasteiger partial charge on any atom is 0.127 e. The van der Waals surface area contributed by atoms with Gasteiger partial charge in [0.1, 0.15) is 11.5 Å². The van der Waals surface area contributed by atoms with Gasteiger partial charge in [0.2, 0.25) is 0 Å². The SMILES string of the molecule is COc1ccc(CNCc2ccccc2CO)c(OC)c1. The first-order chi connectivity index (χ1) is 10.3. The van der Waals surface area contributed by atoms with Crippen molar-refractivity contribution in [3.63, 3.8) is 0 Å². The van der Waals surface area contributed by atoms with E-state index in [1.807, 2.05) is 42.5 Å². The predicted octanol–water partition coefficient (Wildman–Crippen LogP) is 2.49. The predicted molar refractivity (Wildman–Crippen MR) is 82.5 cm³/mol. The molecule has 4 nitrogen and oxygen atoms in total. The zero-order valence-corrected chi connectivity index (χ0v) is 12.4. The third-order valence-electron chi connectivity index (χ3n) is 3.41. The topological polar surface area (TPSA) is 50.7 Å². The number of aliphatic hydroxyl groups excluding tert-OH is 1. The number of aliphatic hydroxyl groups is 1. The summed E-state index contributed by atoms with van der Waals surface area (Å²) in [7, 11) is 3.29. The van der Waals surface area contributed by atoms with Crippen molar-refractivity contribution in [3.8, 4) is 11.5 Å². The van der Waals surface area contributed by atoms with Gasteiger partial charge in [-0.15, -0.1) is 0 Å². The Labute approximate surface area is 125 Å². The molecule has 21 heavy (non-hydrogen) atoms. The Morgan fingerprint density at radius 2 is 1.62 bits per heavy atom. The monoisotopic (exact) mass is 287 g/mol. The van der Waals surface area contributed by atoms with Crippen molar-refractivity contribution >= 4 is 0 Å². The fraction of sp³-hybridized carbons (Fsp3) is 0.294.